The topological polar surface area (TPSA) is 38.3 Å². The third-order valence-corrected chi connectivity index (χ3v) is 5.73. The summed E-state index contributed by atoms with van der Waals surface area (Å²) in [4.78, 5) is 13.4. The number of amides is 1. The standard InChI is InChI=1S/C24H31NO2/c1-18(19-10-12-20(13-11-19)23(2,3)4)25-22(26)24(14-16-27-17-15-24)21-8-6-5-7-9-21/h5-13,18H,14-17H2,1-4H3,(H,25,26). The SMILES string of the molecule is CC(NC(=O)C1(c2ccccc2)CCOCC1)c1ccc(C(C)(C)C)cc1. The van der Waals surface area contributed by atoms with Crippen LogP contribution in [-0.4, -0.2) is 19.1 Å². The Hall–Kier alpha value is -2.13. The Morgan fingerprint density at radius 1 is 1.00 bits per heavy atom. The van der Waals surface area contributed by atoms with Crippen LogP contribution in [0.1, 0.15) is 63.3 Å². The predicted octanol–water partition coefficient (Wildman–Crippen LogP) is 4.91. The monoisotopic (exact) mass is 365 g/mol. The van der Waals surface area contributed by atoms with Crippen LogP contribution in [0.5, 0.6) is 0 Å². The average Bonchev–Trinajstić information content (AvgIpc) is 2.68. The molecule has 2 aromatic rings. The maximum Gasteiger partial charge on any atom is 0.231 e. The Kier molecular flexibility index (Phi) is 5.71. The lowest BCUT2D eigenvalue weighted by Gasteiger charge is -2.37. The number of ether oxygens (including phenoxy) is 1. The van der Waals surface area contributed by atoms with Crippen LogP contribution in [0.4, 0.5) is 0 Å². The molecule has 0 aromatic heterocycles. The molecule has 0 saturated carbocycles. The second-order valence-corrected chi connectivity index (χ2v) is 8.63. The lowest BCUT2D eigenvalue weighted by molar-refractivity contribution is -0.131. The molecule has 1 saturated heterocycles. The first kappa shape index (κ1) is 19.6. The van der Waals surface area contributed by atoms with Crippen molar-refractivity contribution in [2.24, 2.45) is 0 Å². The van der Waals surface area contributed by atoms with Crippen LogP contribution in [0.15, 0.2) is 54.6 Å². The van der Waals surface area contributed by atoms with E-state index in [2.05, 4.69) is 69.4 Å². The molecule has 0 bridgehead atoms. The van der Waals surface area contributed by atoms with Gasteiger partial charge in [0.1, 0.15) is 0 Å². The van der Waals surface area contributed by atoms with Gasteiger partial charge < -0.3 is 10.1 Å². The molecule has 0 radical (unpaired) electrons. The molecule has 1 amide bonds. The molecule has 1 heterocycles. The van der Waals surface area contributed by atoms with Gasteiger partial charge in [-0.15, -0.1) is 0 Å². The molecule has 27 heavy (non-hydrogen) atoms. The largest absolute Gasteiger partial charge is 0.381 e. The van der Waals surface area contributed by atoms with E-state index in [4.69, 9.17) is 4.74 Å². The summed E-state index contributed by atoms with van der Waals surface area (Å²) in [5.41, 5.74) is 3.14. The Morgan fingerprint density at radius 3 is 2.15 bits per heavy atom. The first-order valence-electron chi connectivity index (χ1n) is 9.88. The van der Waals surface area contributed by atoms with E-state index >= 15 is 0 Å². The van der Waals surface area contributed by atoms with Crippen LogP contribution in [-0.2, 0) is 20.4 Å². The van der Waals surface area contributed by atoms with Crippen LogP contribution in [0.2, 0.25) is 0 Å². The lowest BCUT2D eigenvalue weighted by atomic mass is 9.73. The van der Waals surface area contributed by atoms with Crippen molar-refractivity contribution in [3.63, 3.8) is 0 Å². The molecule has 0 aliphatic carbocycles. The number of nitrogens with one attached hydrogen (secondary N) is 1. The van der Waals surface area contributed by atoms with Crippen molar-refractivity contribution in [3.8, 4) is 0 Å². The first-order valence-corrected chi connectivity index (χ1v) is 9.88. The minimum absolute atomic E-state index is 0.0325. The van der Waals surface area contributed by atoms with Crippen molar-refractivity contribution in [2.45, 2.75) is 57.4 Å². The Balaban J connectivity index is 1.79. The smallest absolute Gasteiger partial charge is 0.231 e. The summed E-state index contributed by atoms with van der Waals surface area (Å²) >= 11 is 0. The van der Waals surface area contributed by atoms with Gasteiger partial charge in [0.15, 0.2) is 0 Å². The van der Waals surface area contributed by atoms with E-state index < -0.39 is 5.41 Å². The van der Waals surface area contributed by atoms with E-state index in [1.165, 1.54) is 5.56 Å². The highest BCUT2D eigenvalue weighted by molar-refractivity contribution is 5.88. The number of hydrogen-bond acceptors (Lipinski definition) is 2. The molecule has 1 aliphatic rings. The molecule has 3 nitrogen and oxygen atoms in total. The maximum atomic E-state index is 13.4. The zero-order chi connectivity index (χ0) is 19.5. The zero-order valence-corrected chi connectivity index (χ0v) is 16.9. The van der Waals surface area contributed by atoms with Crippen molar-refractivity contribution in [1.82, 2.24) is 5.32 Å². The number of carbonyl (C=O) groups excluding carboxylic acids is 1. The van der Waals surface area contributed by atoms with Gasteiger partial charge in [0.05, 0.1) is 11.5 Å². The van der Waals surface area contributed by atoms with Crippen LogP contribution < -0.4 is 5.32 Å². The average molecular weight is 366 g/mol. The Bertz CT molecular complexity index is 753. The molecule has 1 unspecified atom stereocenters. The molecule has 1 fully saturated rings. The number of benzene rings is 2. The fourth-order valence-corrected chi connectivity index (χ4v) is 3.81. The van der Waals surface area contributed by atoms with Gasteiger partial charge in [0.2, 0.25) is 5.91 Å². The van der Waals surface area contributed by atoms with Crippen LogP contribution in [0.3, 0.4) is 0 Å². The number of hydrogen-bond donors (Lipinski definition) is 1. The maximum absolute atomic E-state index is 13.4. The molecule has 3 rings (SSSR count). The summed E-state index contributed by atoms with van der Waals surface area (Å²) in [7, 11) is 0. The minimum Gasteiger partial charge on any atom is -0.381 e. The van der Waals surface area contributed by atoms with E-state index in [0.29, 0.717) is 13.2 Å². The highest BCUT2D eigenvalue weighted by Gasteiger charge is 2.42. The molecule has 0 spiro atoms. The van der Waals surface area contributed by atoms with Gasteiger partial charge in [-0.05, 0) is 41.9 Å². The number of carbonyl (C=O) groups is 1. The normalized spacial score (nSPS) is 17.9. The predicted molar refractivity (Wildman–Crippen MR) is 110 cm³/mol. The van der Waals surface area contributed by atoms with Crippen molar-refractivity contribution in [1.29, 1.82) is 0 Å². The van der Waals surface area contributed by atoms with Crippen molar-refractivity contribution >= 4 is 5.91 Å². The van der Waals surface area contributed by atoms with Gasteiger partial charge in [0.25, 0.3) is 0 Å². The summed E-state index contributed by atoms with van der Waals surface area (Å²) in [5, 5.41) is 3.27. The summed E-state index contributed by atoms with van der Waals surface area (Å²) < 4.78 is 5.55. The van der Waals surface area contributed by atoms with E-state index in [-0.39, 0.29) is 17.4 Å². The van der Waals surface area contributed by atoms with Gasteiger partial charge in [0, 0.05) is 13.2 Å². The first-order chi connectivity index (χ1) is 12.8. The van der Waals surface area contributed by atoms with Crippen LogP contribution in [0, 0.1) is 0 Å². The quantitative estimate of drug-likeness (QED) is 0.836. The molecule has 144 valence electrons. The summed E-state index contributed by atoms with van der Waals surface area (Å²) in [5.74, 6) is 0.101. The van der Waals surface area contributed by atoms with Gasteiger partial charge in [-0.25, -0.2) is 0 Å². The van der Waals surface area contributed by atoms with E-state index in [1.807, 2.05) is 18.2 Å². The van der Waals surface area contributed by atoms with E-state index in [1.54, 1.807) is 0 Å². The van der Waals surface area contributed by atoms with E-state index in [9.17, 15) is 4.79 Å². The van der Waals surface area contributed by atoms with Crippen molar-refractivity contribution in [3.05, 3.63) is 71.3 Å². The summed E-state index contributed by atoms with van der Waals surface area (Å²) in [6.45, 7) is 9.93. The van der Waals surface area contributed by atoms with Crippen molar-refractivity contribution < 1.29 is 9.53 Å². The summed E-state index contributed by atoms with van der Waals surface area (Å²) in [6, 6.07) is 18.7. The molecular formula is C24H31NO2. The van der Waals surface area contributed by atoms with Gasteiger partial charge in [-0.2, -0.15) is 0 Å². The lowest BCUT2D eigenvalue weighted by Crippen LogP contribution is -2.48. The highest BCUT2D eigenvalue weighted by Crippen LogP contribution is 2.36. The van der Waals surface area contributed by atoms with E-state index in [0.717, 1.165) is 24.0 Å². The molecule has 1 N–H and O–H groups in total. The Labute approximate surface area is 163 Å². The van der Waals surface area contributed by atoms with Gasteiger partial charge >= 0.3 is 0 Å². The minimum atomic E-state index is -0.501. The van der Waals surface area contributed by atoms with Crippen LogP contribution in [0.25, 0.3) is 0 Å². The molecule has 1 atom stereocenters. The molecule has 3 heteroatoms. The zero-order valence-electron chi connectivity index (χ0n) is 16.9. The third kappa shape index (κ3) is 4.24. The molecule has 2 aromatic carbocycles. The molecule has 1 aliphatic heterocycles. The fraction of sp³-hybridized carbons (Fsp3) is 0.458. The molecular weight excluding hydrogens is 334 g/mol. The Morgan fingerprint density at radius 2 is 1.59 bits per heavy atom. The number of rotatable bonds is 4. The van der Waals surface area contributed by atoms with Gasteiger partial charge in [-0.1, -0.05) is 75.4 Å². The highest BCUT2D eigenvalue weighted by atomic mass is 16.5. The fourth-order valence-electron chi connectivity index (χ4n) is 3.81. The van der Waals surface area contributed by atoms with Gasteiger partial charge in [-0.3, -0.25) is 4.79 Å². The van der Waals surface area contributed by atoms with Crippen molar-refractivity contribution in [2.75, 3.05) is 13.2 Å². The second-order valence-electron chi connectivity index (χ2n) is 8.63. The third-order valence-electron chi connectivity index (χ3n) is 5.73. The second kappa shape index (κ2) is 7.85. The summed E-state index contributed by atoms with van der Waals surface area (Å²) in [6.07, 6.45) is 1.44. The van der Waals surface area contributed by atoms with Crippen LogP contribution >= 0.6 is 0 Å².